The highest BCUT2D eigenvalue weighted by Crippen LogP contribution is 2.30. The predicted molar refractivity (Wildman–Crippen MR) is 143 cm³/mol. The molecule has 0 atom stereocenters. The normalized spacial score (nSPS) is 11.9. The van der Waals surface area contributed by atoms with Crippen LogP contribution >= 0.6 is 34.5 Å². The summed E-state index contributed by atoms with van der Waals surface area (Å²) in [6, 6.07) is 10.7. The van der Waals surface area contributed by atoms with Gasteiger partial charge in [-0.1, -0.05) is 79.6 Å². The molecule has 0 aliphatic heterocycles. The Hall–Kier alpha value is -2.61. The van der Waals surface area contributed by atoms with Crippen LogP contribution in [-0.4, -0.2) is 28.3 Å². The zero-order valence-corrected chi connectivity index (χ0v) is 22.1. The topological polar surface area (TPSA) is 65.7 Å². The lowest BCUT2D eigenvalue weighted by Gasteiger charge is -2.11. The van der Waals surface area contributed by atoms with Crippen LogP contribution in [0.1, 0.15) is 51.0 Å². The molecule has 184 valence electrons. The average Bonchev–Trinajstić information content (AvgIpc) is 3.38. The fourth-order valence-corrected chi connectivity index (χ4v) is 5.13. The molecule has 2 heterocycles. The van der Waals surface area contributed by atoms with Gasteiger partial charge in [-0.25, -0.2) is 0 Å². The number of aromatic nitrogens is 3. The van der Waals surface area contributed by atoms with Crippen LogP contribution in [0.4, 0.5) is 0 Å². The quantitative estimate of drug-likeness (QED) is 0.209. The SMILES string of the molecule is CCCCCCCCOc1ccc(/C=c2\sc3nc(-c4ccc(Cl)cc4Cl)nn3c2=O)cc1OC. The summed E-state index contributed by atoms with van der Waals surface area (Å²) in [4.78, 5) is 17.9. The van der Waals surface area contributed by atoms with E-state index in [1.54, 1.807) is 31.4 Å². The van der Waals surface area contributed by atoms with Gasteiger partial charge in [0.15, 0.2) is 17.3 Å². The van der Waals surface area contributed by atoms with E-state index >= 15 is 0 Å². The summed E-state index contributed by atoms with van der Waals surface area (Å²) in [5, 5.41) is 5.31. The van der Waals surface area contributed by atoms with E-state index in [0.29, 0.717) is 49.0 Å². The molecule has 2 aromatic carbocycles. The second-order valence-electron chi connectivity index (χ2n) is 8.20. The van der Waals surface area contributed by atoms with Crippen molar-refractivity contribution in [2.75, 3.05) is 13.7 Å². The largest absolute Gasteiger partial charge is 0.493 e. The van der Waals surface area contributed by atoms with Gasteiger partial charge in [-0.05, 0) is 48.4 Å². The summed E-state index contributed by atoms with van der Waals surface area (Å²) in [6.45, 7) is 2.88. The molecule has 35 heavy (non-hydrogen) atoms. The molecule has 0 spiro atoms. The summed E-state index contributed by atoms with van der Waals surface area (Å²) in [7, 11) is 1.61. The van der Waals surface area contributed by atoms with Crippen LogP contribution in [0.5, 0.6) is 11.5 Å². The molecular formula is C26H27Cl2N3O3S. The number of unbranched alkanes of at least 4 members (excludes halogenated alkanes) is 5. The standard InChI is InChI=1S/C26H27Cl2N3O3S/c1-3-4-5-6-7-8-13-34-21-12-9-17(14-22(21)33-2)15-23-25(32)31-26(35-23)29-24(30-31)19-11-10-18(27)16-20(19)28/h9-12,14-16H,3-8,13H2,1-2H3/b23-15-. The molecule has 0 amide bonds. The Balaban J connectivity index is 1.50. The number of fused-ring (bicyclic) bond motifs is 1. The monoisotopic (exact) mass is 531 g/mol. The van der Waals surface area contributed by atoms with Crippen molar-refractivity contribution in [3.63, 3.8) is 0 Å². The van der Waals surface area contributed by atoms with Gasteiger partial charge in [0.25, 0.3) is 5.56 Å². The van der Waals surface area contributed by atoms with Crippen LogP contribution in [0.2, 0.25) is 10.0 Å². The molecule has 0 N–H and O–H groups in total. The summed E-state index contributed by atoms with van der Waals surface area (Å²) in [5.41, 5.74) is 1.21. The molecule has 0 saturated carbocycles. The van der Waals surface area contributed by atoms with Crippen LogP contribution in [-0.2, 0) is 0 Å². The number of hydrogen-bond acceptors (Lipinski definition) is 6. The van der Waals surface area contributed by atoms with Crippen LogP contribution in [0.25, 0.3) is 22.4 Å². The molecule has 2 aromatic heterocycles. The number of methoxy groups -OCH3 is 1. The maximum Gasteiger partial charge on any atom is 0.291 e. The number of halogens is 2. The summed E-state index contributed by atoms with van der Waals surface area (Å²) >= 11 is 13.5. The Morgan fingerprint density at radius 3 is 2.57 bits per heavy atom. The van der Waals surface area contributed by atoms with Gasteiger partial charge in [0, 0.05) is 10.6 Å². The first-order chi connectivity index (χ1) is 17.0. The zero-order valence-electron chi connectivity index (χ0n) is 19.7. The van der Waals surface area contributed by atoms with Gasteiger partial charge in [0.05, 0.1) is 23.3 Å². The minimum atomic E-state index is -0.240. The lowest BCUT2D eigenvalue weighted by Crippen LogP contribution is -2.23. The van der Waals surface area contributed by atoms with Crippen LogP contribution < -0.4 is 19.6 Å². The molecule has 4 rings (SSSR count). The average molecular weight is 532 g/mol. The number of nitrogens with zero attached hydrogens (tertiary/aromatic N) is 3. The first kappa shape index (κ1) is 25.5. The van der Waals surface area contributed by atoms with Gasteiger partial charge in [-0.15, -0.1) is 5.10 Å². The van der Waals surface area contributed by atoms with E-state index in [1.807, 2.05) is 18.2 Å². The predicted octanol–water partition coefficient (Wildman–Crippen LogP) is 6.42. The maximum absolute atomic E-state index is 12.9. The fourth-order valence-electron chi connectivity index (χ4n) is 3.73. The smallest absolute Gasteiger partial charge is 0.291 e. The number of rotatable bonds is 11. The summed E-state index contributed by atoms with van der Waals surface area (Å²) in [5.74, 6) is 1.72. The molecule has 0 aliphatic carbocycles. The molecule has 0 saturated heterocycles. The molecule has 6 nitrogen and oxygen atoms in total. The second-order valence-corrected chi connectivity index (χ2v) is 10.0. The third-order valence-corrected chi connectivity index (χ3v) is 7.10. The number of benzene rings is 2. The zero-order chi connectivity index (χ0) is 24.8. The lowest BCUT2D eigenvalue weighted by atomic mass is 10.1. The molecule has 0 fully saturated rings. The maximum atomic E-state index is 12.9. The van der Waals surface area contributed by atoms with Gasteiger partial charge in [-0.3, -0.25) is 4.79 Å². The number of ether oxygens (including phenoxy) is 2. The first-order valence-corrected chi connectivity index (χ1v) is 13.2. The highest BCUT2D eigenvalue weighted by molar-refractivity contribution is 7.15. The number of thiazole rings is 1. The van der Waals surface area contributed by atoms with Crippen molar-refractivity contribution in [2.45, 2.75) is 45.4 Å². The molecule has 0 bridgehead atoms. The Labute approximate surface area is 218 Å². The van der Waals surface area contributed by atoms with E-state index in [4.69, 9.17) is 32.7 Å². The Kier molecular flexibility index (Phi) is 8.65. The highest BCUT2D eigenvalue weighted by Gasteiger charge is 2.15. The van der Waals surface area contributed by atoms with E-state index in [0.717, 1.165) is 12.0 Å². The Bertz CT molecular complexity index is 1420. The van der Waals surface area contributed by atoms with Crippen molar-refractivity contribution in [3.05, 3.63) is 66.9 Å². The van der Waals surface area contributed by atoms with Crippen molar-refractivity contribution in [1.29, 1.82) is 0 Å². The van der Waals surface area contributed by atoms with Gasteiger partial charge in [0.2, 0.25) is 4.96 Å². The molecule has 0 aliphatic rings. The van der Waals surface area contributed by atoms with Crippen LogP contribution in [0.15, 0.2) is 41.2 Å². The van der Waals surface area contributed by atoms with Crippen LogP contribution in [0.3, 0.4) is 0 Å². The van der Waals surface area contributed by atoms with E-state index in [-0.39, 0.29) is 5.56 Å². The van der Waals surface area contributed by atoms with Crippen molar-refractivity contribution in [2.24, 2.45) is 0 Å². The minimum Gasteiger partial charge on any atom is -0.493 e. The van der Waals surface area contributed by atoms with Crippen molar-refractivity contribution in [3.8, 4) is 22.9 Å². The van der Waals surface area contributed by atoms with Gasteiger partial charge >= 0.3 is 0 Å². The molecule has 0 unspecified atom stereocenters. The molecular weight excluding hydrogens is 505 g/mol. The Morgan fingerprint density at radius 2 is 1.83 bits per heavy atom. The molecule has 4 aromatic rings. The van der Waals surface area contributed by atoms with Crippen LogP contribution in [0, 0.1) is 0 Å². The van der Waals surface area contributed by atoms with Gasteiger partial charge in [-0.2, -0.15) is 9.50 Å². The minimum absolute atomic E-state index is 0.240. The fraction of sp³-hybridized carbons (Fsp3) is 0.346. The summed E-state index contributed by atoms with van der Waals surface area (Å²) < 4.78 is 13.3. The van der Waals surface area contributed by atoms with E-state index in [9.17, 15) is 4.79 Å². The van der Waals surface area contributed by atoms with E-state index < -0.39 is 0 Å². The molecule has 0 radical (unpaired) electrons. The van der Waals surface area contributed by atoms with Crippen molar-refractivity contribution in [1.82, 2.24) is 14.6 Å². The third-order valence-electron chi connectivity index (χ3n) is 5.59. The summed E-state index contributed by atoms with van der Waals surface area (Å²) in [6.07, 6.45) is 9.06. The van der Waals surface area contributed by atoms with Crippen molar-refractivity contribution >= 4 is 45.6 Å². The highest BCUT2D eigenvalue weighted by atomic mass is 35.5. The van der Waals surface area contributed by atoms with Gasteiger partial charge < -0.3 is 9.47 Å². The second kappa shape index (κ2) is 11.9. The molecule has 9 heteroatoms. The van der Waals surface area contributed by atoms with E-state index in [2.05, 4.69) is 17.0 Å². The first-order valence-electron chi connectivity index (χ1n) is 11.7. The third kappa shape index (κ3) is 6.15. The van der Waals surface area contributed by atoms with Crippen molar-refractivity contribution < 1.29 is 9.47 Å². The van der Waals surface area contributed by atoms with E-state index in [1.165, 1.54) is 48.0 Å². The van der Waals surface area contributed by atoms with Gasteiger partial charge in [0.1, 0.15) is 0 Å². The Morgan fingerprint density at radius 1 is 1.03 bits per heavy atom. The number of hydrogen-bond donors (Lipinski definition) is 0. The lowest BCUT2D eigenvalue weighted by molar-refractivity contribution is 0.284.